The minimum Gasteiger partial charge on any atom is -0.357 e. The lowest BCUT2D eigenvalue weighted by Gasteiger charge is -2.33. The predicted octanol–water partition coefficient (Wildman–Crippen LogP) is 4.29. The third kappa shape index (κ3) is 8.26. The summed E-state index contributed by atoms with van der Waals surface area (Å²) in [7, 11) is 0. The average Bonchev–Trinajstić information content (AvgIpc) is 3.13. The number of likely N-dealkylation sites (tertiary alicyclic amines) is 1. The van der Waals surface area contributed by atoms with E-state index in [-0.39, 0.29) is 24.0 Å². The van der Waals surface area contributed by atoms with Crippen molar-refractivity contribution in [2.45, 2.75) is 58.4 Å². The monoisotopic (exact) mass is 478 g/mol. The number of nitrogens with zero attached hydrogens (tertiary/aromatic N) is 2. The van der Waals surface area contributed by atoms with Crippen molar-refractivity contribution in [3.05, 3.63) is 22.4 Å². The molecule has 2 N–H and O–H groups in total. The molecule has 1 aromatic rings. The number of rotatable bonds is 8. The second-order valence-corrected chi connectivity index (χ2v) is 7.57. The van der Waals surface area contributed by atoms with Crippen LogP contribution in [-0.2, 0) is 0 Å². The lowest BCUT2D eigenvalue weighted by molar-refractivity contribution is 0.203. The van der Waals surface area contributed by atoms with Gasteiger partial charge in [0.05, 0.1) is 0 Å². The summed E-state index contributed by atoms with van der Waals surface area (Å²) in [5.41, 5.74) is 1.39. The van der Waals surface area contributed by atoms with E-state index in [1.807, 2.05) is 0 Å². The van der Waals surface area contributed by atoms with Crippen molar-refractivity contribution in [2.75, 3.05) is 32.7 Å². The van der Waals surface area contributed by atoms with Crippen LogP contribution in [0.3, 0.4) is 0 Å². The summed E-state index contributed by atoms with van der Waals surface area (Å²) in [5, 5.41) is 11.4. The van der Waals surface area contributed by atoms with Gasteiger partial charge in [0, 0.05) is 38.1 Å². The highest BCUT2D eigenvalue weighted by atomic mass is 127. The van der Waals surface area contributed by atoms with Gasteiger partial charge in [-0.3, -0.25) is 4.99 Å². The molecule has 4 nitrogen and oxygen atoms in total. The quantitative estimate of drug-likeness (QED) is 0.333. The first-order valence-corrected chi connectivity index (χ1v) is 10.5. The van der Waals surface area contributed by atoms with Crippen LogP contribution in [0.25, 0.3) is 0 Å². The van der Waals surface area contributed by atoms with Crippen molar-refractivity contribution in [2.24, 2.45) is 4.99 Å². The highest BCUT2D eigenvalue weighted by molar-refractivity contribution is 14.0. The van der Waals surface area contributed by atoms with Gasteiger partial charge in [0.2, 0.25) is 0 Å². The summed E-state index contributed by atoms with van der Waals surface area (Å²) in [4.78, 5) is 7.42. The fourth-order valence-corrected chi connectivity index (χ4v) is 3.87. The zero-order chi connectivity index (χ0) is 17.2. The predicted molar refractivity (Wildman–Crippen MR) is 122 cm³/mol. The van der Waals surface area contributed by atoms with Gasteiger partial charge in [-0.2, -0.15) is 11.3 Å². The van der Waals surface area contributed by atoms with Crippen molar-refractivity contribution in [1.29, 1.82) is 0 Å². The lowest BCUT2D eigenvalue weighted by Crippen LogP contribution is -2.48. The van der Waals surface area contributed by atoms with Crippen molar-refractivity contribution in [3.63, 3.8) is 0 Å². The molecule has 1 aliphatic heterocycles. The number of guanidine groups is 1. The Morgan fingerprint density at radius 1 is 1.36 bits per heavy atom. The Hall–Kier alpha value is -0.340. The van der Waals surface area contributed by atoms with Crippen LogP contribution in [0.5, 0.6) is 0 Å². The smallest absolute Gasteiger partial charge is 0.191 e. The maximum Gasteiger partial charge on any atom is 0.191 e. The molecular weight excluding hydrogens is 443 g/mol. The largest absolute Gasteiger partial charge is 0.357 e. The molecule has 0 aliphatic carbocycles. The van der Waals surface area contributed by atoms with Gasteiger partial charge in [0.1, 0.15) is 0 Å². The van der Waals surface area contributed by atoms with Gasteiger partial charge in [0.15, 0.2) is 5.96 Å². The van der Waals surface area contributed by atoms with Crippen molar-refractivity contribution >= 4 is 41.3 Å². The second kappa shape index (κ2) is 12.9. The van der Waals surface area contributed by atoms with Crippen LogP contribution >= 0.6 is 35.3 Å². The Kier molecular flexibility index (Phi) is 11.7. The summed E-state index contributed by atoms with van der Waals surface area (Å²) in [6, 6.07) is 2.76. The van der Waals surface area contributed by atoms with Gasteiger partial charge in [-0.15, -0.1) is 24.0 Å². The molecule has 0 radical (unpaired) electrons. The van der Waals surface area contributed by atoms with Crippen LogP contribution < -0.4 is 10.6 Å². The van der Waals surface area contributed by atoms with Gasteiger partial charge < -0.3 is 15.5 Å². The molecule has 6 heteroatoms. The van der Waals surface area contributed by atoms with E-state index >= 15 is 0 Å². The van der Waals surface area contributed by atoms with E-state index in [1.54, 1.807) is 11.3 Å². The second-order valence-electron chi connectivity index (χ2n) is 6.79. The van der Waals surface area contributed by atoms with Crippen LogP contribution in [0.15, 0.2) is 21.8 Å². The SMILES string of the molecule is CCCCN1CCC(NC(=NCC(C)c2ccsc2)NCC)CC1.I. The minimum absolute atomic E-state index is 0. The Morgan fingerprint density at radius 3 is 2.72 bits per heavy atom. The molecule has 1 aromatic heterocycles. The normalized spacial score (nSPS) is 17.8. The molecule has 0 saturated carbocycles. The third-order valence-corrected chi connectivity index (χ3v) is 5.44. The number of unbranched alkanes of at least 4 members (excludes halogenated alkanes) is 1. The molecule has 1 unspecified atom stereocenters. The maximum absolute atomic E-state index is 4.82. The number of nitrogens with one attached hydrogen (secondary N) is 2. The minimum atomic E-state index is 0. The highest BCUT2D eigenvalue weighted by Crippen LogP contribution is 2.18. The number of halogens is 1. The van der Waals surface area contributed by atoms with Crippen molar-refractivity contribution in [1.82, 2.24) is 15.5 Å². The van der Waals surface area contributed by atoms with Crippen LogP contribution in [-0.4, -0.2) is 49.6 Å². The van der Waals surface area contributed by atoms with Crippen LogP contribution in [0, 0.1) is 0 Å². The van der Waals surface area contributed by atoms with Gasteiger partial charge >= 0.3 is 0 Å². The summed E-state index contributed by atoms with van der Waals surface area (Å²) >= 11 is 1.76. The molecule has 0 aromatic carbocycles. The van der Waals surface area contributed by atoms with Crippen molar-refractivity contribution in [3.8, 4) is 0 Å². The molecule has 1 aliphatic rings. The van der Waals surface area contributed by atoms with Gasteiger partial charge in [-0.05, 0) is 55.1 Å². The number of hydrogen-bond donors (Lipinski definition) is 2. The summed E-state index contributed by atoms with van der Waals surface area (Å²) in [6.45, 7) is 12.1. The zero-order valence-electron chi connectivity index (χ0n) is 16.0. The first kappa shape index (κ1) is 22.7. The molecular formula is C19H35IN4S. The van der Waals surface area contributed by atoms with Crippen LogP contribution in [0.4, 0.5) is 0 Å². The maximum atomic E-state index is 4.82. The van der Waals surface area contributed by atoms with E-state index in [1.165, 1.54) is 50.9 Å². The Bertz CT molecular complexity index is 470. The fraction of sp³-hybridized carbons (Fsp3) is 0.737. The Labute approximate surface area is 174 Å². The standard InChI is InChI=1S/C19H34N4S.HI/c1-4-6-10-23-11-7-18(8-12-23)22-19(20-5-2)21-14-16(3)17-9-13-24-15-17;/h9,13,15-16,18H,4-8,10-12,14H2,1-3H3,(H2,20,21,22);1H. The summed E-state index contributed by atoms with van der Waals surface area (Å²) in [6.07, 6.45) is 5.04. The fourth-order valence-electron chi connectivity index (χ4n) is 3.09. The first-order chi connectivity index (χ1) is 11.7. The van der Waals surface area contributed by atoms with Gasteiger partial charge in [-0.1, -0.05) is 20.3 Å². The molecule has 0 spiro atoms. The average molecular weight is 478 g/mol. The molecule has 2 heterocycles. The molecule has 25 heavy (non-hydrogen) atoms. The summed E-state index contributed by atoms with van der Waals surface area (Å²) in [5.74, 6) is 1.45. The molecule has 0 bridgehead atoms. The van der Waals surface area contributed by atoms with Gasteiger partial charge in [-0.25, -0.2) is 0 Å². The van der Waals surface area contributed by atoms with E-state index in [0.29, 0.717) is 12.0 Å². The molecule has 1 atom stereocenters. The Morgan fingerprint density at radius 2 is 2.12 bits per heavy atom. The highest BCUT2D eigenvalue weighted by Gasteiger charge is 2.19. The van der Waals surface area contributed by atoms with E-state index in [9.17, 15) is 0 Å². The topological polar surface area (TPSA) is 39.7 Å². The third-order valence-electron chi connectivity index (χ3n) is 4.74. The Balaban J connectivity index is 0.00000312. The van der Waals surface area contributed by atoms with E-state index < -0.39 is 0 Å². The zero-order valence-corrected chi connectivity index (χ0v) is 19.1. The number of piperidine rings is 1. The summed E-state index contributed by atoms with van der Waals surface area (Å²) < 4.78 is 0. The molecule has 1 saturated heterocycles. The van der Waals surface area contributed by atoms with Crippen molar-refractivity contribution < 1.29 is 0 Å². The molecule has 1 fully saturated rings. The number of hydrogen-bond acceptors (Lipinski definition) is 3. The van der Waals surface area contributed by atoms with Gasteiger partial charge in [0.25, 0.3) is 0 Å². The lowest BCUT2D eigenvalue weighted by atomic mass is 10.0. The molecule has 2 rings (SSSR count). The van der Waals surface area contributed by atoms with E-state index in [4.69, 9.17) is 4.99 Å². The number of thiophene rings is 1. The molecule has 144 valence electrons. The van der Waals surface area contributed by atoms with E-state index in [2.05, 4.69) is 53.1 Å². The number of aliphatic imine (C=N–C) groups is 1. The van der Waals surface area contributed by atoms with Crippen LogP contribution in [0.2, 0.25) is 0 Å². The first-order valence-electron chi connectivity index (χ1n) is 9.52. The molecule has 0 amide bonds. The van der Waals surface area contributed by atoms with Crippen LogP contribution in [0.1, 0.15) is 57.9 Å². The van der Waals surface area contributed by atoms with E-state index in [0.717, 1.165) is 19.0 Å².